The molecule has 0 aliphatic carbocycles. The Bertz CT molecular complexity index is 1180. The molecule has 2 aliphatic heterocycles. The van der Waals surface area contributed by atoms with Gasteiger partial charge in [-0.25, -0.2) is 4.39 Å². The average Bonchev–Trinajstić information content (AvgIpc) is 3.21. The predicted octanol–water partition coefficient (Wildman–Crippen LogP) is 1.96. The summed E-state index contributed by atoms with van der Waals surface area (Å²) in [6.07, 6.45) is -5.32. The van der Waals surface area contributed by atoms with Crippen LogP contribution in [0.5, 0.6) is 5.75 Å². The minimum atomic E-state index is -5.20. The number of hydrogen-bond acceptors (Lipinski definition) is 6. The van der Waals surface area contributed by atoms with E-state index in [1.807, 2.05) is 6.07 Å². The number of hydrogen-bond donors (Lipinski definition) is 2. The molecule has 2 unspecified atom stereocenters. The van der Waals surface area contributed by atoms with Crippen LogP contribution in [0, 0.1) is 23.1 Å². The SMILES string of the molecule is CC(C)CC(C(=O)N1C[C@@]2(C[C@H]1C#N)Oc1ccc(F)cc1NC2=O)N(C)C(=O)C(C)NC(=O)C(F)(F)F. The lowest BCUT2D eigenvalue weighted by molar-refractivity contribution is -0.175. The van der Waals surface area contributed by atoms with Crippen molar-refractivity contribution >= 4 is 29.3 Å². The maximum absolute atomic E-state index is 13.7. The molecule has 0 bridgehead atoms. The summed E-state index contributed by atoms with van der Waals surface area (Å²) in [5.41, 5.74) is -1.56. The van der Waals surface area contributed by atoms with Gasteiger partial charge in [0.05, 0.1) is 18.3 Å². The molecule has 4 atom stereocenters. The minimum Gasteiger partial charge on any atom is -0.473 e. The molecule has 10 nitrogen and oxygen atoms in total. The van der Waals surface area contributed by atoms with E-state index in [1.165, 1.54) is 13.1 Å². The number of rotatable bonds is 6. The van der Waals surface area contributed by atoms with Crippen LogP contribution in [0.2, 0.25) is 0 Å². The van der Waals surface area contributed by atoms with Gasteiger partial charge in [0.1, 0.15) is 29.7 Å². The van der Waals surface area contributed by atoms with E-state index in [9.17, 15) is 42.0 Å². The summed E-state index contributed by atoms with van der Waals surface area (Å²) in [5.74, 6) is -5.26. The van der Waals surface area contributed by atoms with E-state index in [1.54, 1.807) is 19.2 Å². The van der Waals surface area contributed by atoms with Crippen molar-refractivity contribution in [3.05, 3.63) is 24.0 Å². The van der Waals surface area contributed by atoms with Crippen molar-refractivity contribution in [3.8, 4) is 11.8 Å². The van der Waals surface area contributed by atoms with E-state index in [2.05, 4.69) is 5.32 Å². The van der Waals surface area contributed by atoms with Crippen LogP contribution in [-0.4, -0.2) is 76.9 Å². The molecule has 1 fully saturated rings. The van der Waals surface area contributed by atoms with Gasteiger partial charge in [-0.1, -0.05) is 13.8 Å². The highest BCUT2D eigenvalue weighted by Gasteiger charge is 2.56. The molecular weight excluding hydrogens is 514 g/mol. The quantitative estimate of drug-likeness (QED) is 0.530. The summed E-state index contributed by atoms with van der Waals surface area (Å²) in [4.78, 5) is 52.9. The van der Waals surface area contributed by atoms with Gasteiger partial charge < -0.3 is 25.2 Å². The van der Waals surface area contributed by atoms with Crippen LogP contribution in [0.15, 0.2) is 18.2 Å². The molecule has 14 heteroatoms. The van der Waals surface area contributed by atoms with Gasteiger partial charge >= 0.3 is 12.1 Å². The average molecular weight is 542 g/mol. The third kappa shape index (κ3) is 5.66. The number of anilines is 1. The van der Waals surface area contributed by atoms with Gasteiger partial charge in [0, 0.05) is 19.5 Å². The van der Waals surface area contributed by atoms with Crippen LogP contribution in [0.4, 0.5) is 23.2 Å². The molecule has 0 saturated carbocycles. The molecular formula is C24H27F4N5O5. The standard InChI is InChI=1S/C24H27F4N5O5/c1-12(2)7-17(32(4)19(34)13(3)30-22(37)24(26,27)28)20(35)33-11-23(9-15(33)10-29)21(36)31-16-8-14(25)5-6-18(16)38-23/h5-6,8,12-13,15,17H,7,9,11H2,1-4H3,(H,30,37)(H,31,36)/t13?,15-,17?,23+/m0/s1. The van der Waals surface area contributed by atoms with Crippen LogP contribution in [0.3, 0.4) is 0 Å². The lowest BCUT2D eigenvalue weighted by Crippen LogP contribution is -2.57. The zero-order chi connectivity index (χ0) is 28.6. The number of nitrogens with one attached hydrogen (secondary N) is 2. The second-order valence-corrected chi connectivity index (χ2v) is 9.79. The number of fused-ring (bicyclic) bond motifs is 1. The summed E-state index contributed by atoms with van der Waals surface area (Å²) >= 11 is 0. The number of nitriles is 1. The van der Waals surface area contributed by atoms with E-state index >= 15 is 0 Å². The Morgan fingerprint density at radius 2 is 1.97 bits per heavy atom. The van der Waals surface area contributed by atoms with E-state index in [0.29, 0.717) is 0 Å². The molecule has 3 rings (SSSR count). The second kappa shape index (κ2) is 10.5. The first-order valence-electron chi connectivity index (χ1n) is 11.7. The van der Waals surface area contributed by atoms with E-state index in [-0.39, 0.29) is 36.7 Å². The lowest BCUT2D eigenvalue weighted by Gasteiger charge is -2.36. The first kappa shape index (κ1) is 28.7. The van der Waals surface area contributed by atoms with Crippen LogP contribution in [-0.2, 0) is 19.2 Å². The van der Waals surface area contributed by atoms with Crippen LogP contribution in [0.1, 0.15) is 33.6 Å². The first-order valence-corrected chi connectivity index (χ1v) is 11.7. The van der Waals surface area contributed by atoms with E-state index in [0.717, 1.165) is 28.9 Å². The fourth-order valence-corrected chi connectivity index (χ4v) is 4.50. The Hall–Kier alpha value is -3.89. The van der Waals surface area contributed by atoms with Crippen LogP contribution in [0.25, 0.3) is 0 Å². The Kier molecular flexibility index (Phi) is 7.90. The number of alkyl halides is 3. The van der Waals surface area contributed by atoms with Gasteiger partial charge in [-0.15, -0.1) is 0 Å². The fraction of sp³-hybridized carbons (Fsp3) is 0.542. The summed E-state index contributed by atoms with van der Waals surface area (Å²) in [6, 6.07) is 1.52. The molecule has 2 heterocycles. The Balaban J connectivity index is 1.85. The maximum atomic E-state index is 13.7. The van der Waals surface area contributed by atoms with Gasteiger partial charge in [-0.05, 0) is 31.4 Å². The molecule has 0 radical (unpaired) electrons. The van der Waals surface area contributed by atoms with Crippen molar-refractivity contribution in [1.82, 2.24) is 15.1 Å². The molecule has 206 valence electrons. The van der Waals surface area contributed by atoms with Gasteiger partial charge in [0.2, 0.25) is 17.4 Å². The van der Waals surface area contributed by atoms with Crippen molar-refractivity contribution in [3.63, 3.8) is 0 Å². The summed E-state index contributed by atoms with van der Waals surface area (Å²) in [7, 11) is 1.21. The molecule has 4 amide bonds. The largest absolute Gasteiger partial charge is 0.473 e. The Labute approximate surface area is 215 Å². The van der Waals surface area contributed by atoms with Gasteiger partial charge in [0.25, 0.3) is 5.91 Å². The number of halogens is 4. The van der Waals surface area contributed by atoms with Gasteiger partial charge in [-0.3, -0.25) is 19.2 Å². The maximum Gasteiger partial charge on any atom is 0.471 e. The van der Waals surface area contributed by atoms with Gasteiger partial charge in [-0.2, -0.15) is 18.4 Å². The smallest absolute Gasteiger partial charge is 0.471 e. The third-order valence-electron chi connectivity index (χ3n) is 6.44. The molecule has 2 N–H and O–H groups in total. The van der Waals surface area contributed by atoms with Crippen molar-refractivity contribution in [2.75, 3.05) is 18.9 Å². The van der Waals surface area contributed by atoms with Crippen LogP contribution < -0.4 is 15.4 Å². The molecule has 2 aliphatic rings. The normalized spacial score (nSPS) is 22.2. The number of carbonyl (C=O) groups is 4. The van der Waals surface area contributed by atoms with Crippen molar-refractivity contribution in [2.24, 2.45) is 5.92 Å². The third-order valence-corrected chi connectivity index (χ3v) is 6.44. The molecule has 1 saturated heterocycles. The molecule has 0 aromatic heterocycles. The van der Waals surface area contributed by atoms with E-state index in [4.69, 9.17) is 4.74 Å². The van der Waals surface area contributed by atoms with Crippen molar-refractivity contribution in [1.29, 1.82) is 5.26 Å². The Morgan fingerprint density at radius 3 is 2.55 bits per heavy atom. The number of amides is 4. The zero-order valence-electron chi connectivity index (χ0n) is 21.1. The predicted molar refractivity (Wildman–Crippen MR) is 124 cm³/mol. The second-order valence-electron chi connectivity index (χ2n) is 9.79. The van der Waals surface area contributed by atoms with Crippen molar-refractivity contribution < 1.29 is 41.5 Å². The van der Waals surface area contributed by atoms with Crippen LogP contribution >= 0.6 is 0 Å². The number of carbonyl (C=O) groups excluding carboxylic acids is 4. The molecule has 38 heavy (non-hydrogen) atoms. The first-order chi connectivity index (χ1) is 17.6. The molecule has 1 aromatic carbocycles. The van der Waals surface area contributed by atoms with E-state index < -0.39 is 59.3 Å². The molecule has 1 aromatic rings. The fourth-order valence-electron chi connectivity index (χ4n) is 4.50. The topological polar surface area (TPSA) is 132 Å². The van der Waals surface area contributed by atoms with Crippen molar-refractivity contribution in [2.45, 2.75) is 63.5 Å². The summed E-state index contributed by atoms with van der Waals surface area (Å²) in [6.45, 7) is 4.22. The lowest BCUT2D eigenvalue weighted by atomic mass is 9.97. The highest BCUT2D eigenvalue weighted by molar-refractivity contribution is 6.02. The highest BCUT2D eigenvalue weighted by Crippen LogP contribution is 2.40. The summed E-state index contributed by atoms with van der Waals surface area (Å²) < 4.78 is 57.4. The number of nitrogens with zero attached hydrogens (tertiary/aromatic N) is 3. The highest BCUT2D eigenvalue weighted by atomic mass is 19.4. The molecule has 1 spiro atoms. The summed E-state index contributed by atoms with van der Waals surface area (Å²) in [5, 5.41) is 13.9. The number of benzene rings is 1. The van der Waals surface area contributed by atoms with Gasteiger partial charge in [0.15, 0.2) is 0 Å². The minimum absolute atomic E-state index is 0.0812. The Morgan fingerprint density at radius 1 is 1.32 bits per heavy atom. The number of likely N-dealkylation sites (N-methyl/N-ethyl adjacent to an activating group) is 1. The number of likely N-dealkylation sites (tertiary alicyclic amines) is 1. The number of ether oxygens (including phenoxy) is 1. The zero-order valence-corrected chi connectivity index (χ0v) is 21.1. The monoisotopic (exact) mass is 541 g/mol.